The molecule has 3 N–H and O–H groups in total. The summed E-state index contributed by atoms with van der Waals surface area (Å²) in [5.41, 5.74) is 4.79. The van der Waals surface area contributed by atoms with Crippen molar-refractivity contribution in [2.45, 2.75) is 32.7 Å². The maximum Gasteiger partial charge on any atom is 0.328 e. The van der Waals surface area contributed by atoms with Gasteiger partial charge in [-0.05, 0) is 26.7 Å². The molecule has 0 aromatic heterocycles. The summed E-state index contributed by atoms with van der Waals surface area (Å²) in [6.07, 6.45) is 0.868. The predicted molar refractivity (Wildman–Crippen MR) is 73.5 cm³/mol. The van der Waals surface area contributed by atoms with Crippen molar-refractivity contribution >= 4 is 29.1 Å². The molecule has 1 aliphatic heterocycles. The summed E-state index contributed by atoms with van der Waals surface area (Å²) in [5, 5.41) is 2.62. The highest BCUT2D eigenvalue weighted by atomic mass is 32.1. The van der Waals surface area contributed by atoms with Gasteiger partial charge < -0.3 is 20.5 Å². The van der Waals surface area contributed by atoms with E-state index in [9.17, 15) is 9.59 Å². The molecule has 108 valence electrons. The van der Waals surface area contributed by atoms with Crippen molar-refractivity contribution in [3.63, 3.8) is 0 Å². The molecule has 1 amide bonds. The summed E-state index contributed by atoms with van der Waals surface area (Å²) in [7, 11) is 0. The highest BCUT2D eigenvalue weighted by molar-refractivity contribution is 7.80. The van der Waals surface area contributed by atoms with Crippen LogP contribution in [0, 0.1) is 5.41 Å². The first-order valence-electron chi connectivity index (χ1n) is 6.29. The first-order chi connectivity index (χ1) is 8.94. The second-order valence-corrected chi connectivity index (χ2v) is 4.95. The van der Waals surface area contributed by atoms with Crippen LogP contribution < -0.4 is 11.1 Å². The second-order valence-electron chi connectivity index (χ2n) is 4.51. The van der Waals surface area contributed by atoms with Crippen LogP contribution in [0.2, 0.25) is 0 Å². The van der Waals surface area contributed by atoms with E-state index >= 15 is 0 Å². The van der Waals surface area contributed by atoms with Gasteiger partial charge in [0.2, 0.25) is 5.91 Å². The Labute approximate surface area is 118 Å². The molecule has 0 aliphatic carbocycles. The van der Waals surface area contributed by atoms with Crippen LogP contribution in [0.1, 0.15) is 26.7 Å². The minimum Gasteiger partial charge on any atom is -0.464 e. The summed E-state index contributed by atoms with van der Waals surface area (Å²) in [5.74, 6) is -0.801. The first-order valence-corrected chi connectivity index (χ1v) is 6.70. The maximum absolute atomic E-state index is 12.3. The lowest BCUT2D eigenvalue weighted by Crippen LogP contribution is -2.55. The number of esters is 1. The predicted octanol–water partition coefficient (Wildman–Crippen LogP) is 0.137. The molecule has 6 nitrogen and oxygen atoms in total. The van der Waals surface area contributed by atoms with Crippen molar-refractivity contribution in [1.82, 2.24) is 5.32 Å². The molecular weight excluding hydrogens is 268 g/mol. The molecular formula is C12H20N2O4S. The Kier molecular flexibility index (Phi) is 5.68. The van der Waals surface area contributed by atoms with Gasteiger partial charge >= 0.3 is 5.97 Å². The highest BCUT2D eigenvalue weighted by Gasteiger charge is 2.43. The summed E-state index contributed by atoms with van der Waals surface area (Å²) < 4.78 is 10.1. The van der Waals surface area contributed by atoms with Crippen LogP contribution >= 0.6 is 12.2 Å². The first kappa shape index (κ1) is 15.8. The molecule has 0 bridgehead atoms. The molecule has 1 aliphatic rings. The van der Waals surface area contributed by atoms with E-state index in [1.807, 2.05) is 0 Å². The van der Waals surface area contributed by atoms with E-state index in [1.165, 1.54) is 0 Å². The average Bonchev–Trinajstić information content (AvgIpc) is 2.39. The Bertz CT molecular complexity index is 367. The zero-order valence-electron chi connectivity index (χ0n) is 11.2. The quantitative estimate of drug-likeness (QED) is 0.552. The Morgan fingerprint density at radius 3 is 2.53 bits per heavy atom. The average molecular weight is 288 g/mol. The highest BCUT2D eigenvalue weighted by Crippen LogP contribution is 2.31. The largest absolute Gasteiger partial charge is 0.464 e. The Morgan fingerprint density at radius 2 is 2.05 bits per heavy atom. The third-order valence-corrected chi connectivity index (χ3v) is 3.63. The van der Waals surface area contributed by atoms with Crippen LogP contribution in [-0.2, 0) is 19.1 Å². The molecule has 1 atom stereocenters. The van der Waals surface area contributed by atoms with E-state index in [4.69, 9.17) is 27.4 Å². The monoisotopic (exact) mass is 288 g/mol. The Hall–Kier alpha value is -1.21. The van der Waals surface area contributed by atoms with Gasteiger partial charge in [-0.2, -0.15) is 0 Å². The van der Waals surface area contributed by atoms with Gasteiger partial charge in [-0.15, -0.1) is 0 Å². The third-order valence-electron chi connectivity index (χ3n) is 3.24. The molecule has 1 heterocycles. The molecule has 0 saturated carbocycles. The SMILES string of the molecule is CCOC(=O)C(C)NC(=O)C1(C(N)=S)CCOCC1. The number of rotatable bonds is 5. The van der Waals surface area contributed by atoms with Crippen LogP contribution in [0.3, 0.4) is 0 Å². The fraction of sp³-hybridized carbons (Fsp3) is 0.750. The molecule has 1 unspecified atom stereocenters. The van der Waals surface area contributed by atoms with E-state index in [0.717, 1.165) is 0 Å². The minimum absolute atomic E-state index is 0.143. The zero-order valence-corrected chi connectivity index (χ0v) is 12.0. The summed E-state index contributed by atoms with van der Waals surface area (Å²) >= 11 is 5.02. The minimum atomic E-state index is -0.922. The fourth-order valence-corrected chi connectivity index (χ4v) is 2.26. The molecule has 1 fully saturated rings. The zero-order chi connectivity index (χ0) is 14.5. The van der Waals surface area contributed by atoms with Crippen molar-refractivity contribution in [3.05, 3.63) is 0 Å². The van der Waals surface area contributed by atoms with Crippen LogP contribution in [0.5, 0.6) is 0 Å². The van der Waals surface area contributed by atoms with Crippen molar-refractivity contribution in [1.29, 1.82) is 0 Å². The van der Waals surface area contributed by atoms with Gasteiger partial charge in [0.15, 0.2) is 0 Å². The number of nitrogens with two attached hydrogens (primary N) is 1. The topological polar surface area (TPSA) is 90.7 Å². The smallest absolute Gasteiger partial charge is 0.328 e. The Balaban J connectivity index is 2.73. The van der Waals surface area contributed by atoms with Crippen molar-refractivity contribution in [2.24, 2.45) is 11.1 Å². The van der Waals surface area contributed by atoms with Crippen molar-refractivity contribution < 1.29 is 19.1 Å². The molecule has 0 aromatic rings. The Morgan fingerprint density at radius 1 is 1.47 bits per heavy atom. The third kappa shape index (κ3) is 3.63. The second kappa shape index (κ2) is 6.81. The van der Waals surface area contributed by atoms with Crippen LogP contribution in [-0.4, -0.2) is 42.7 Å². The van der Waals surface area contributed by atoms with E-state index in [-0.39, 0.29) is 17.5 Å². The lowest BCUT2D eigenvalue weighted by atomic mass is 9.79. The maximum atomic E-state index is 12.3. The fourth-order valence-electron chi connectivity index (χ4n) is 1.97. The molecule has 1 saturated heterocycles. The molecule has 0 radical (unpaired) electrons. The van der Waals surface area contributed by atoms with Crippen LogP contribution in [0.15, 0.2) is 0 Å². The molecule has 0 spiro atoms. The lowest BCUT2D eigenvalue weighted by molar-refractivity contribution is -0.148. The number of thiocarbonyl (C=S) groups is 1. The number of carbonyl (C=O) groups is 2. The van der Waals surface area contributed by atoms with E-state index < -0.39 is 17.4 Å². The van der Waals surface area contributed by atoms with E-state index in [1.54, 1.807) is 13.8 Å². The van der Waals surface area contributed by atoms with Gasteiger partial charge in [0.1, 0.15) is 11.5 Å². The number of nitrogens with one attached hydrogen (secondary N) is 1. The van der Waals surface area contributed by atoms with Gasteiger partial charge in [-0.1, -0.05) is 12.2 Å². The standard InChI is InChI=1S/C12H20N2O4S/c1-3-18-9(15)8(2)14-11(16)12(10(13)19)4-6-17-7-5-12/h8H,3-7H2,1-2H3,(H2,13,19)(H,14,16). The van der Waals surface area contributed by atoms with Gasteiger partial charge in [-0.3, -0.25) is 4.79 Å². The lowest BCUT2D eigenvalue weighted by Gasteiger charge is -2.35. The van der Waals surface area contributed by atoms with Gasteiger partial charge in [0, 0.05) is 13.2 Å². The number of carbonyl (C=O) groups excluding carboxylic acids is 2. The normalized spacial score (nSPS) is 19.3. The molecule has 7 heteroatoms. The van der Waals surface area contributed by atoms with Gasteiger partial charge in [0.05, 0.1) is 11.6 Å². The molecule has 0 aromatic carbocycles. The number of amides is 1. The number of ether oxygens (including phenoxy) is 2. The van der Waals surface area contributed by atoms with Gasteiger partial charge in [0.25, 0.3) is 0 Å². The van der Waals surface area contributed by atoms with E-state index in [0.29, 0.717) is 26.1 Å². The van der Waals surface area contributed by atoms with Crippen LogP contribution in [0.25, 0.3) is 0 Å². The molecule has 19 heavy (non-hydrogen) atoms. The molecule has 1 rings (SSSR count). The summed E-state index contributed by atoms with van der Waals surface area (Å²) in [4.78, 5) is 24.0. The van der Waals surface area contributed by atoms with Gasteiger partial charge in [-0.25, -0.2) is 4.79 Å². The number of hydrogen-bond donors (Lipinski definition) is 2. The van der Waals surface area contributed by atoms with Crippen LogP contribution in [0.4, 0.5) is 0 Å². The van der Waals surface area contributed by atoms with Crippen molar-refractivity contribution in [2.75, 3.05) is 19.8 Å². The van der Waals surface area contributed by atoms with Crippen molar-refractivity contribution in [3.8, 4) is 0 Å². The summed E-state index contributed by atoms with van der Waals surface area (Å²) in [6.45, 7) is 4.41. The summed E-state index contributed by atoms with van der Waals surface area (Å²) in [6, 6.07) is -0.721. The van der Waals surface area contributed by atoms with E-state index in [2.05, 4.69) is 5.32 Å². The number of hydrogen-bond acceptors (Lipinski definition) is 5.